The van der Waals surface area contributed by atoms with Crippen LogP contribution in [-0.2, 0) is 13.2 Å². The third-order valence-corrected chi connectivity index (χ3v) is 6.95. The number of carbonyl (C=O) groups is 3. The number of carbonyl (C=O) groups excluding carboxylic acids is 3. The van der Waals surface area contributed by atoms with Crippen LogP contribution < -0.4 is 16.4 Å². The second-order valence-corrected chi connectivity index (χ2v) is 10.2. The SMILES string of the molecule is CN(CCCCNC(=O)c1ccc(NC(=O)c2ncc(-c3cn(C4CC4(F)F)nc3C(F)(F)F)n2C)cc1Cl)C(N)=O. The Morgan fingerprint density at radius 2 is 1.90 bits per heavy atom. The summed E-state index contributed by atoms with van der Waals surface area (Å²) in [5.74, 6) is -4.68. The molecule has 0 bridgehead atoms. The van der Waals surface area contributed by atoms with Crippen molar-refractivity contribution in [2.45, 2.75) is 37.4 Å². The zero-order valence-electron chi connectivity index (χ0n) is 22.3. The zero-order chi connectivity index (χ0) is 31.0. The summed E-state index contributed by atoms with van der Waals surface area (Å²) in [7, 11) is 2.86. The quantitative estimate of drug-likeness (QED) is 0.230. The Labute approximate surface area is 240 Å². The fourth-order valence-electron chi connectivity index (χ4n) is 4.15. The number of rotatable bonds is 10. The van der Waals surface area contributed by atoms with Crippen LogP contribution in [0.15, 0.2) is 30.6 Å². The summed E-state index contributed by atoms with van der Waals surface area (Å²) in [5, 5.41) is 8.60. The molecule has 1 atom stereocenters. The van der Waals surface area contributed by atoms with Crippen LogP contribution in [0.1, 0.15) is 52.0 Å². The summed E-state index contributed by atoms with van der Waals surface area (Å²) in [4.78, 5) is 41.7. The van der Waals surface area contributed by atoms with Crippen molar-refractivity contribution in [1.82, 2.24) is 29.5 Å². The van der Waals surface area contributed by atoms with Crippen molar-refractivity contribution in [2.75, 3.05) is 25.5 Å². The van der Waals surface area contributed by atoms with E-state index in [4.69, 9.17) is 17.3 Å². The van der Waals surface area contributed by atoms with Crippen LogP contribution in [0.25, 0.3) is 11.3 Å². The van der Waals surface area contributed by atoms with Crippen LogP contribution in [0.5, 0.6) is 0 Å². The maximum absolute atomic E-state index is 13.7. The van der Waals surface area contributed by atoms with Gasteiger partial charge in [-0.25, -0.2) is 18.6 Å². The number of amides is 4. The molecule has 1 unspecified atom stereocenters. The molecule has 1 aliphatic carbocycles. The molecule has 42 heavy (non-hydrogen) atoms. The molecule has 11 nitrogen and oxygen atoms in total. The first-order chi connectivity index (χ1) is 19.6. The highest BCUT2D eigenvalue weighted by molar-refractivity contribution is 6.34. The molecule has 1 fully saturated rings. The van der Waals surface area contributed by atoms with E-state index in [-0.39, 0.29) is 27.8 Å². The highest BCUT2D eigenvalue weighted by Gasteiger charge is 2.59. The van der Waals surface area contributed by atoms with Crippen molar-refractivity contribution in [3.8, 4) is 11.3 Å². The number of urea groups is 1. The monoisotopic (exact) mass is 616 g/mol. The summed E-state index contributed by atoms with van der Waals surface area (Å²) in [6, 6.07) is 2.09. The molecule has 1 saturated carbocycles. The van der Waals surface area contributed by atoms with Crippen molar-refractivity contribution in [3.05, 3.63) is 52.7 Å². The molecule has 4 N–H and O–H groups in total. The van der Waals surface area contributed by atoms with E-state index in [2.05, 4.69) is 20.7 Å². The highest BCUT2D eigenvalue weighted by Crippen LogP contribution is 2.53. The van der Waals surface area contributed by atoms with Crippen molar-refractivity contribution < 1.29 is 36.3 Å². The van der Waals surface area contributed by atoms with Gasteiger partial charge in [0.05, 0.1) is 28.0 Å². The van der Waals surface area contributed by atoms with E-state index in [1.54, 1.807) is 7.05 Å². The van der Waals surface area contributed by atoms with E-state index in [9.17, 15) is 36.3 Å². The predicted octanol–water partition coefficient (Wildman–Crippen LogP) is 4.31. The zero-order valence-corrected chi connectivity index (χ0v) is 23.1. The van der Waals surface area contributed by atoms with Gasteiger partial charge in [0.15, 0.2) is 11.5 Å². The Morgan fingerprint density at radius 1 is 1.21 bits per heavy atom. The Morgan fingerprint density at radius 3 is 2.50 bits per heavy atom. The fourth-order valence-corrected chi connectivity index (χ4v) is 4.42. The molecule has 0 radical (unpaired) electrons. The molecule has 2 heterocycles. The maximum Gasteiger partial charge on any atom is 0.435 e. The van der Waals surface area contributed by atoms with Crippen LogP contribution in [-0.4, -0.2) is 68.1 Å². The van der Waals surface area contributed by atoms with Gasteiger partial charge >= 0.3 is 12.2 Å². The van der Waals surface area contributed by atoms with Gasteiger partial charge in [-0.05, 0) is 31.0 Å². The van der Waals surface area contributed by atoms with Crippen LogP contribution in [0.4, 0.5) is 32.4 Å². The van der Waals surface area contributed by atoms with Gasteiger partial charge in [0.2, 0.25) is 0 Å². The van der Waals surface area contributed by atoms with Crippen LogP contribution >= 0.6 is 11.6 Å². The maximum atomic E-state index is 13.7. The molecule has 2 aromatic heterocycles. The topological polar surface area (TPSA) is 140 Å². The lowest BCUT2D eigenvalue weighted by Gasteiger charge is -2.14. The molecular formula is C25H26ClF5N8O3. The Balaban J connectivity index is 1.42. The van der Waals surface area contributed by atoms with E-state index in [1.807, 2.05) is 0 Å². The largest absolute Gasteiger partial charge is 0.435 e. The van der Waals surface area contributed by atoms with E-state index >= 15 is 0 Å². The number of nitrogens with one attached hydrogen (secondary N) is 2. The first-order valence-electron chi connectivity index (χ1n) is 12.6. The van der Waals surface area contributed by atoms with Gasteiger partial charge in [0.25, 0.3) is 17.7 Å². The van der Waals surface area contributed by atoms with Crippen molar-refractivity contribution in [2.24, 2.45) is 12.8 Å². The van der Waals surface area contributed by atoms with Gasteiger partial charge in [-0.1, -0.05) is 11.6 Å². The third kappa shape index (κ3) is 6.64. The first-order valence-corrected chi connectivity index (χ1v) is 12.9. The number of aromatic nitrogens is 4. The van der Waals surface area contributed by atoms with Gasteiger partial charge in [-0.2, -0.15) is 18.3 Å². The van der Waals surface area contributed by atoms with Gasteiger partial charge in [0.1, 0.15) is 6.04 Å². The van der Waals surface area contributed by atoms with E-state index in [0.717, 1.165) is 17.0 Å². The van der Waals surface area contributed by atoms with Crippen molar-refractivity contribution in [1.29, 1.82) is 0 Å². The molecule has 17 heteroatoms. The minimum absolute atomic E-state index is 0.0263. The van der Waals surface area contributed by atoms with E-state index < -0.39 is 53.7 Å². The van der Waals surface area contributed by atoms with Gasteiger partial charge in [-0.3, -0.25) is 14.3 Å². The average molecular weight is 617 g/mol. The molecule has 0 saturated heterocycles. The Hall–Kier alpha value is -4.21. The summed E-state index contributed by atoms with van der Waals surface area (Å²) >= 11 is 6.24. The molecule has 226 valence electrons. The summed E-state index contributed by atoms with van der Waals surface area (Å²) < 4.78 is 69.6. The van der Waals surface area contributed by atoms with Gasteiger partial charge < -0.3 is 25.8 Å². The molecule has 3 aromatic rings. The standard InChI is InChI=1S/C25H26ClF5N8O3/c1-37(23(32)42)8-4-3-7-33-21(40)14-6-5-13(9-16(14)26)35-22(41)20-34-11-17(38(20)2)15-12-39(18-10-24(18,27)28)36-19(15)25(29,30)31/h5-6,9,11-12,18H,3-4,7-8,10H2,1-2H3,(H2,32,42)(H,33,40)(H,35,41). The highest BCUT2D eigenvalue weighted by atomic mass is 35.5. The van der Waals surface area contributed by atoms with Crippen LogP contribution in [0.3, 0.4) is 0 Å². The number of anilines is 1. The molecule has 1 aliphatic rings. The van der Waals surface area contributed by atoms with Gasteiger partial charge in [-0.15, -0.1) is 0 Å². The second kappa shape index (κ2) is 11.6. The van der Waals surface area contributed by atoms with E-state index in [0.29, 0.717) is 30.6 Å². The number of unbranched alkanes of at least 4 members (excludes halogenated alkanes) is 1. The fraction of sp³-hybridized carbons (Fsp3) is 0.400. The number of hydrogen-bond acceptors (Lipinski definition) is 5. The molecule has 0 aliphatic heterocycles. The third-order valence-electron chi connectivity index (χ3n) is 6.63. The number of nitrogens with zero attached hydrogens (tertiary/aromatic N) is 5. The van der Waals surface area contributed by atoms with Crippen molar-refractivity contribution >= 4 is 35.1 Å². The lowest BCUT2D eigenvalue weighted by atomic mass is 10.2. The number of alkyl halides is 5. The Bertz CT molecular complexity index is 1520. The molecule has 4 amide bonds. The minimum atomic E-state index is -4.94. The van der Waals surface area contributed by atoms with E-state index in [1.165, 1.54) is 30.1 Å². The normalized spacial score (nSPS) is 15.8. The second-order valence-electron chi connectivity index (χ2n) is 9.75. The number of nitrogens with two attached hydrogens (primary N) is 1. The van der Waals surface area contributed by atoms with Crippen molar-refractivity contribution in [3.63, 3.8) is 0 Å². The number of imidazole rings is 1. The number of halogens is 6. The molecule has 4 rings (SSSR count). The minimum Gasteiger partial charge on any atom is -0.352 e. The number of hydrogen-bond donors (Lipinski definition) is 3. The summed E-state index contributed by atoms with van der Waals surface area (Å²) in [5.41, 5.74) is 3.43. The van der Waals surface area contributed by atoms with Crippen LogP contribution in [0.2, 0.25) is 5.02 Å². The first kappa shape index (κ1) is 30.7. The summed E-state index contributed by atoms with van der Waals surface area (Å²) in [6.45, 7) is 0.754. The summed E-state index contributed by atoms with van der Waals surface area (Å²) in [6.07, 6.45) is -2.48. The number of benzene rings is 1. The van der Waals surface area contributed by atoms with Crippen LogP contribution in [0, 0.1) is 0 Å². The number of primary amides is 1. The van der Waals surface area contributed by atoms with Gasteiger partial charge in [0, 0.05) is 45.5 Å². The molecular weight excluding hydrogens is 591 g/mol. The Kier molecular flexibility index (Phi) is 8.48. The smallest absolute Gasteiger partial charge is 0.352 e. The lowest BCUT2D eigenvalue weighted by Crippen LogP contribution is -2.33. The lowest BCUT2D eigenvalue weighted by molar-refractivity contribution is -0.141. The molecule has 1 aromatic carbocycles. The average Bonchev–Trinajstić information content (AvgIpc) is 3.19. The predicted molar refractivity (Wildman–Crippen MR) is 141 cm³/mol. The molecule has 0 spiro atoms.